The highest BCUT2D eigenvalue weighted by molar-refractivity contribution is 5.51. The number of fused-ring (bicyclic) bond motifs is 2. The number of hydrogen-bond donors (Lipinski definition) is 2. The molecule has 2 aliphatic rings. The Balaban J connectivity index is 1.67. The van der Waals surface area contributed by atoms with E-state index in [9.17, 15) is 10.2 Å². The number of hydrogen-bond acceptors (Lipinski definition) is 6. The zero-order valence-electron chi connectivity index (χ0n) is 15.9. The lowest BCUT2D eigenvalue weighted by molar-refractivity contribution is 0.0192. The van der Waals surface area contributed by atoms with E-state index in [0.717, 1.165) is 29.0 Å². The minimum Gasteiger partial charge on any atom is -0.478 e. The highest BCUT2D eigenvalue weighted by atomic mass is 16.5. The minimum absolute atomic E-state index is 0.00601. The summed E-state index contributed by atoms with van der Waals surface area (Å²) in [6, 6.07) is 8.50. The Labute approximate surface area is 159 Å². The summed E-state index contributed by atoms with van der Waals surface area (Å²) in [5.41, 5.74) is 7.05. The molecule has 0 radical (unpaired) electrons. The SMILES string of the molecule is Cc1cc2c(cc1Cc1c(C)ccc3c1OCN(CO)C3)CN(CO)CO2. The van der Waals surface area contributed by atoms with Gasteiger partial charge in [0.2, 0.25) is 0 Å². The fraction of sp³-hybridized carbons (Fsp3) is 0.429. The maximum absolute atomic E-state index is 9.39. The summed E-state index contributed by atoms with van der Waals surface area (Å²) >= 11 is 0. The summed E-state index contributed by atoms with van der Waals surface area (Å²) in [4.78, 5) is 3.70. The van der Waals surface area contributed by atoms with Gasteiger partial charge in [0.05, 0.1) is 13.5 Å². The Morgan fingerprint density at radius 1 is 0.889 bits per heavy atom. The van der Waals surface area contributed by atoms with Gasteiger partial charge >= 0.3 is 0 Å². The highest BCUT2D eigenvalue weighted by Crippen LogP contribution is 2.35. The topological polar surface area (TPSA) is 65.4 Å². The van der Waals surface area contributed by atoms with Crippen LogP contribution in [-0.2, 0) is 19.5 Å². The zero-order chi connectivity index (χ0) is 19.0. The van der Waals surface area contributed by atoms with Crippen molar-refractivity contribution < 1.29 is 19.7 Å². The Bertz CT molecular complexity index is 853. The van der Waals surface area contributed by atoms with Crippen molar-refractivity contribution in [2.75, 3.05) is 26.9 Å². The lowest BCUT2D eigenvalue weighted by Crippen LogP contribution is -2.33. The summed E-state index contributed by atoms with van der Waals surface area (Å²) < 4.78 is 11.8. The Hall–Kier alpha value is -2.12. The van der Waals surface area contributed by atoms with E-state index in [1.54, 1.807) is 0 Å². The molecule has 0 saturated carbocycles. The molecule has 0 aromatic heterocycles. The van der Waals surface area contributed by atoms with E-state index in [1.807, 2.05) is 9.80 Å². The molecular formula is C21H26N2O4. The van der Waals surface area contributed by atoms with Gasteiger partial charge in [-0.1, -0.05) is 18.2 Å². The molecule has 0 bridgehead atoms. The fourth-order valence-electron chi connectivity index (χ4n) is 3.79. The van der Waals surface area contributed by atoms with Crippen LogP contribution >= 0.6 is 0 Å². The summed E-state index contributed by atoms with van der Waals surface area (Å²) in [6.07, 6.45) is 0.784. The Morgan fingerprint density at radius 2 is 1.59 bits per heavy atom. The van der Waals surface area contributed by atoms with E-state index in [4.69, 9.17) is 9.47 Å². The van der Waals surface area contributed by atoms with Crippen molar-refractivity contribution in [3.63, 3.8) is 0 Å². The van der Waals surface area contributed by atoms with Crippen LogP contribution in [0.2, 0.25) is 0 Å². The first-order chi connectivity index (χ1) is 13.1. The normalized spacial score (nSPS) is 17.0. The van der Waals surface area contributed by atoms with Crippen LogP contribution in [0.1, 0.15) is 33.4 Å². The standard InChI is InChI=1S/C21H26N2O4/c1-14-3-4-16-8-22(10-24)13-27-21(16)19(14)7-17-6-18-9-23(11-25)12-26-20(18)5-15(17)2/h3-6,24-25H,7-13H2,1-2H3. The lowest BCUT2D eigenvalue weighted by Gasteiger charge is -2.30. The number of rotatable bonds is 4. The van der Waals surface area contributed by atoms with Crippen LogP contribution in [-0.4, -0.2) is 46.9 Å². The Morgan fingerprint density at radius 3 is 2.33 bits per heavy atom. The van der Waals surface area contributed by atoms with E-state index in [0.29, 0.717) is 26.6 Å². The summed E-state index contributed by atoms with van der Waals surface area (Å²) in [7, 11) is 0. The molecule has 2 heterocycles. The van der Waals surface area contributed by atoms with Crippen molar-refractivity contribution in [1.29, 1.82) is 0 Å². The Kier molecular flexibility index (Phi) is 5.06. The molecule has 6 heteroatoms. The van der Waals surface area contributed by atoms with Gasteiger partial charge in [0.15, 0.2) is 0 Å². The van der Waals surface area contributed by atoms with E-state index in [1.165, 1.54) is 22.3 Å². The van der Waals surface area contributed by atoms with Gasteiger partial charge in [-0.05, 0) is 36.6 Å². The summed E-state index contributed by atoms with van der Waals surface area (Å²) in [5, 5.41) is 18.8. The number of aryl methyl sites for hydroxylation is 2. The van der Waals surface area contributed by atoms with Crippen molar-refractivity contribution in [3.05, 3.63) is 57.6 Å². The maximum Gasteiger partial charge on any atom is 0.144 e. The maximum atomic E-state index is 9.39. The molecule has 2 aromatic carbocycles. The molecule has 144 valence electrons. The van der Waals surface area contributed by atoms with Gasteiger partial charge in [-0.2, -0.15) is 0 Å². The van der Waals surface area contributed by atoms with Crippen molar-refractivity contribution in [1.82, 2.24) is 9.80 Å². The van der Waals surface area contributed by atoms with Crippen LogP contribution in [0.3, 0.4) is 0 Å². The monoisotopic (exact) mass is 370 g/mol. The molecule has 0 aliphatic carbocycles. The quantitative estimate of drug-likeness (QED) is 0.859. The van der Waals surface area contributed by atoms with Gasteiger partial charge in [0.25, 0.3) is 0 Å². The first kappa shape index (κ1) is 18.3. The van der Waals surface area contributed by atoms with Gasteiger partial charge in [-0.15, -0.1) is 0 Å². The zero-order valence-corrected chi connectivity index (χ0v) is 15.9. The second-order valence-corrected chi connectivity index (χ2v) is 7.40. The van der Waals surface area contributed by atoms with Gasteiger partial charge in [0.1, 0.15) is 25.0 Å². The molecule has 0 unspecified atom stereocenters. The third-order valence-electron chi connectivity index (χ3n) is 5.44. The molecule has 2 aliphatic heterocycles. The van der Waals surface area contributed by atoms with Crippen LogP contribution in [0.5, 0.6) is 11.5 Å². The molecular weight excluding hydrogens is 344 g/mol. The number of nitrogens with zero attached hydrogens (tertiary/aromatic N) is 2. The smallest absolute Gasteiger partial charge is 0.144 e. The third-order valence-corrected chi connectivity index (χ3v) is 5.44. The summed E-state index contributed by atoms with van der Waals surface area (Å²) in [6.45, 7) is 6.41. The molecule has 2 aromatic rings. The third kappa shape index (κ3) is 3.53. The molecule has 0 saturated heterocycles. The molecule has 0 atom stereocenters. The molecule has 2 N–H and O–H groups in total. The van der Waals surface area contributed by atoms with E-state index in [-0.39, 0.29) is 13.5 Å². The number of benzene rings is 2. The van der Waals surface area contributed by atoms with Gasteiger partial charge in [-0.25, -0.2) is 9.80 Å². The van der Waals surface area contributed by atoms with Crippen molar-refractivity contribution in [2.24, 2.45) is 0 Å². The lowest BCUT2D eigenvalue weighted by atomic mass is 9.92. The van der Waals surface area contributed by atoms with Crippen molar-refractivity contribution in [2.45, 2.75) is 33.4 Å². The number of aliphatic hydroxyl groups excluding tert-OH is 2. The van der Waals surface area contributed by atoms with E-state index in [2.05, 4.69) is 38.1 Å². The van der Waals surface area contributed by atoms with Crippen LogP contribution in [0.15, 0.2) is 24.3 Å². The molecule has 0 fully saturated rings. The largest absolute Gasteiger partial charge is 0.478 e. The predicted molar refractivity (Wildman–Crippen MR) is 101 cm³/mol. The van der Waals surface area contributed by atoms with E-state index >= 15 is 0 Å². The molecule has 27 heavy (non-hydrogen) atoms. The van der Waals surface area contributed by atoms with Gasteiger partial charge in [0, 0.05) is 36.2 Å². The fourth-order valence-corrected chi connectivity index (χ4v) is 3.79. The first-order valence-corrected chi connectivity index (χ1v) is 9.25. The molecule has 4 rings (SSSR count). The highest BCUT2D eigenvalue weighted by Gasteiger charge is 2.23. The number of aliphatic hydroxyl groups is 2. The first-order valence-electron chi connectivity index (χ1n) is 9.25. The second kappa shape index (κ2) is 7.48. The van der Waals surface area contributed by atoms with Crippen LogP contribution in [0.4, 0.5) is 0 Å². The summed E-state index contributed by atoms with van der Waals surface area (Å²) in [5.74, 6) is 1.85. The molecule has 6 nitrogen and oxygen atoms in total. The van der Waals surface area contributed by atoms with Gasteiger partial charge in [-0.3, -0.25) is 0 Å². The molecule has 0 amide bonds. The second-order valence-electron chi connectivity index (χ2n) is 7.40. The van der Waals surface area contributed by atoms with Gasteiger partial charge < -0.3 is 19.7 Å². The number of ether oxygens (including phenoxy) is 2. The van der Waals surface area contributed by atoms with E-state index < -0.39 is 0 Å². The average molecular weight is 370 g/mol. The average Bonchev–Trinajstić information content (AvgIpc) is 2.69. The van der Waals surface area contributed by atoms with Crippen LogP contribution in [0, 0.1) is 13.8 Å². The van der Waals surface area contributed by atoms with Crippen LogP contribution < -0.4 is 9.47 Å². The minimum atomic E-state index is -0.0108. The van der Waals surface area contributed by atoms with Crippen LogP contribution in [0.25, 0.3) is 0 Å². The molecule has 0 spiro atoms. The van der Waals surface area contributed by atoms with Crippen molar-refractivity contribution >= 4 is 0 Å². The van der Waals surface area contributed by atoms with Crippen molar-refractivity contribution in [3.8, 4) is 11.5 Å². The predicted octanol–water partition coefficient (Wildman–Crippen LogP) is 2.10.